The lowest BCUT2D eigenvalue weighted by molar-refractivity contribution is -0.192. The molecule has 0 aliphatic heterocycles. The van der Waals surface area contributed by atoms with E-state index in [4.69, 9.17) is 33.1 Å². The summed E-state index contributed by atoms with van der Waals surface area (Å²) < 4.78 is 33.4. The highest BCUT2D eigenvalue weighted by molar-refractivity contribution is 6.36. The first-order valence-corrected chi connectivity index (χ1v) is 11.7. The van der Waals surface area contributed by atoms with Crippen molar-refractivity contribution in [1.29, 1.82) is 0 Å². The molecule has 35 heavy (non-hydrogen) atoms. The molecule has 0 spiro atoms. The van der Waals surface area contributed by atoms with E-state index in [2.05, 4.69) is 12.0 Å². The molecule has 0 bridgehead atoms. The van der Waals surface area contributed by atoms with Crippen LogP contribution in [-0.2, 0) is 11.8 Å². The Morgan fingerprint density at radius 3 is 2.40 bits per heavy atom. The first-order chi connectivity index (χ1) is 16.4. The molecule has 0 radical (unpaired) electrons. The summed E-state index contributed by atoms with van der Waals surface area (Å²) in [6.07, 6.45) is -1.70. The fraction of sp³-hybridized carbons (Fsp3) is 0.375. The first-order valence-electron chi connectivity index (χ1n) is 10.9. The van der Waals surface area contributed by atoms with Crippen molar-refractivity contribution in [2.75, 3.05) is 13.1 Å². The average Bonchev–Trinajstić information content (AvgIpc) is 3.52. The predicted octanol–water partition coefficient (Wildman–Crippen LogP) is 6.69. The number of fused-ring (bicyclic) bond motifs is 1. The molecule has 1 heterocycles. The van der Waals surface area contributed by atoms with Gasteiger partial charge in [0, 0.05) is 48.1 Å². The standard InChI is InChI=1S/C22H23Cl2N3O.C2HF3O2.H2/c1-3-11-27(13-14-7-8-14)22(28)21-18-6-4-5-17(20(18)25-26(21)2)16-10-9-15(23)12-19(16)24;3-2(4,5)1(6)7;/h4-6,9-10,12,14H,3,7-8,11,13H2,1-2H3;(H,6,7);1H. The molecular weight excluding hydrogens is 506 g/mol. The Labute approximate surface area is 211 Å². The Hall–Kier alpha value is -2.78. The van der Waals surface area contributed by atoms with E-state index in [1.807, 2.05) is 42.3 Å². The van der Waals surface area contributed by atoms with Crippen molar-refractivity contribution in [3.8, 4) is 11.1 Å². The van der Waals surface area contributed by atoms with Crippen LogP contribution >= 0.6 is 23.2 Å². The highest BCUT2D eigenvalue weighted by atomic mass is 35.5. The number of hydrogen-bond donors (Lipinski definition) is 1. The number of nitrogens with zero attached hydrogens (tertiary/aromatic N) is 3. The Morgan fingerprint density at radius 2 is 1.86 bits per heavy atom. The molecule has 3 aromatic rings. The summed E-state index contributed by atoms with van der Waals surface area (Å²) in [7, 11) is 1.84. The van der Waals surface area contributed by atoms with E-state index < -0.39 is 12.1 Å². The number of carboxylic acids is 1. The maximum atomic E-state index is 13.4. The smallest absolute Gasteiger partial charge is 0.475 e. The number of hydrogen-bond acceptors (Lipinski definition) is 3. The summed E-state index contributed by atoms with van der Waals surface area (Å²) in [5.41, 5.74) is 3.17. The van der Waals surface area contributed by atoms with Gasteiger partial charge in [0.1, 0.15) is 11.2 Å². The van der Waals surface area contributed by atoms with Crippen LogP contribution in [0.4, 0.5) is 13.2 Å². The second-order valence-electron chi connectivity index (χ2n) is 8.30. The van der Waals surface area contributed by atoms with Gasteiger partial charge in [-0.1, -0.05) is 54.4 Å². The fourth-order valence-electron chi connectivity index (χ4n) is 3.70. The number of carbonyl (C=O) groups is 2. The molecule has 1 amide bonds. The quantitative estimate of drug-likeness (QED) is 0.384. The van der Waals surface area contributed by atoms with Crippen LogP contribution in [-0.4, -0.2) is 50.9 Å². The lowest BCUT2D eigenvalue weighted by atomic mass is 10.0. The van der Waals surface area contributed by atoms with Crippen molar-refractivity contribution in [2.45, 2.75) is 32.4 Å². The van der Waals surface area contributed by atoms with Crippen LogP contribution in [0.3, 0.4) is 0 Å². The molecule has 190 valence electrons. The number of aliphatic carboxylic acids is 1. The predicted molar refractivity (Wildman–Crippen MR) is 131 cm³/mol. The molecule has 0 saturated heterocycles. The third-order valence-electron chi connectivity index (χ3n) is 5.49. The Kier molecular flexibility index (Phi) is 8.33. The largest absolute Gasteiger partial charge is 0.490 e. The maximum Gasteiger partial charge on any atom is 0.490 e. The van der Waals surface area contributed by atoms with Gasteiger partial charge in [-0.25, -0.2) is 4.79 Å². The van der Waals surface area contributed by atoms with Gasteiger partial charge in [-0.2, -0.15) is 18.3 Å². The van der Waals surface area contributed by atoms with Crippen LogP contribution in [0.25, 0.3) is 22.0 Å². The van der Waals surface area contributed by atoms with Gasteiger partial charge in [0.05, 0.1) is 0 Å². The summed E-state index contributed by atoms with van der Waals surface area (Å²) in [6.45, 7) is 3.71. The molecule has 1 fully saturated rings. The lowest BCUT2D eigenvalue weighted by Crippen LogP contribution is -2.35. The molecule has 1 aromatic heterocycles. The number of carboxylic acid groups (broad SMARTS) is 1. The van der Waals surface area contributed by atoms with Crippen molar-refractivity contribution in [2.24, 2.45) is 13.0 Å². The maximum absolute atomic E-state index is 13.4. The van der Waals surface area contributed by atoms with E-state index in [1.54, 1.807) is 10.7 Å². The minimum atomic E-state index is -5.08. The third-order valence-corrected chi connectivity index (χ3v) is 6.04. The number of halogens is 5. The van der Waals surface area contributed by atoms with E-state index in [1.165, 1.54) is 12.8 Å². The van der Waals surface area contributed by atoms with Crippen molar-refractivity contribution in [3.05, 3.63) is 52.1 Å². The molecule has 0 unspecified atom stereocenters. The third kappa shape index (κ3) is 6.46. The SMILES string of the molecule is CCCN(CC1CC1)C(=O)c1c2cccc(-c3ccc(Cl)cc3Cl)c2nn1C.O=C(O)C(F)(F)F.[HH]. The molecule has 11 heteroatoms. The molecule has 0 atom stereocenters. The Morgan fingerprint density at radius 1 is 1.20 bits per heavy atom. The number of alkyl halides is 3. The van der Waals surface area contributed by atoms with Crippen molar-refractivity contribution < 1.29 is 29.3 Å². The van der Waals surface area contributed by atoms with Gasteiger partial charge >= 0.3 is 12.1 Å². The zero-order valence-electron chi connectivity index (χ0n) is 19.1. The van der Waals surface area contributed by atoms with Crippen LogP contribution in [0.15, 0.2) is 36.4 Å². The van der Waals surface area contributed by atoms with Gasteiger partial charge in [-0.3, -0.25) is 9.48 Å². The summed E-state index contributed by atoms with van der Waals surface area (Å²) >= 11 is 12.5. The topological polar surface area (TPSA) is 75.4 Å². The summed E-state index contributed by atoms with van der Waals surface area (Å²) in [5, 5.41) is 13.8. The molecule has 2 aromatic carbocycles. The van der Waals surface area contributed by atoms with Gasteiger partial charge in [0.15, 0.2) is 0 Å². The van der Waals surface area contributed by atoms with Crippen LogP contribution < -0.4 is 0 Å². The number of aromatic nitrogens is 2. The van der Waals surface area contributed by atoms with E-state index in [0.29, 0.717) is 21.7 Å². The highest BCUT2D eigenvalue weighted by Gasteiger charge is 2.38. The first kappa shape index (κ1) is 26.8. The highest BCUT2D eigenvalue weighted by Crippen LogP contribution is 2.36. The molecule has 1 N–H and O–H groups in total. The summed E-state index contributed by atoms with van der Waals surface area (Å²) in [6, 6.07) is 11.3. The molecule has 1 aliphatic rings. The Balaban J connectivity index is 0.000000503. The van der Waals surface area contributed by atoms with Gasteiger partial charge in [0.25, 0.3) is 5.91 Å². The van der Waals surface area contributed by atoms with Gasteiger partial charge in [-0.05, 0) is 37.3 Å². The summed E-state index contributed by atoms with van der Waals surface area (Å²) in [4.78, 5) is 24.3. The number of amides is 1. The molecule has 1 saturated carbocycles. The average molecular weight is 532 g/mol. The lowest BCUT2D eigenvalue weighted by Gasteiger charge is -2.22. The van der Waals surface area contributed by atoms with Crippen molar-refractivity contribution in [1.82, 2.24) is 14.7 Å². The monoisotopic (exact) mass is 531 g/mol. The van der Waals surface area contributed by atoms with E-state index in [9.17, 15) is 18.0 Å². The van der Waals surface area contributed by atoms with Crippen LogP contribution in [0.2, 0.25) is 10.0 Å². The zero-order chi connectivity index (χ0) is 25.9. The molecule has 6 nitrogen and oxygen atoms in total. The van der Waals surface area contributed by atoms with Crippen molar-refractivity contribution >= 4 is 46.0 Å². The molecular formula is C24H26Cl2F3N3O3. The molecule has 1 aliphatic carbocycles. The van der Waals surface area contributed by atoms with Crippen LogP contribution in [0.5, 0.6) is 0 Å². The zero-order valence-corrected chi connectivity index (χ0v) is 20.6. The second kappa shape index (κ2) is 10.9. The number of benzene rings is 2. The fourth-order valence-corrected chi connectivity index (χ4v) is 4.21. The van der Waals surface area contributed by atoms with Crippen LogP contribution in [0.1, 0.15) is 38.1 Å². The van der Waals surface area contributed by atoms with Gasteiger partial charge in [0.2, 0.25) is 0 Å². The van der Waals surface area contributed by atoms with E-state index in [-0.39, 0.29) is 7.33 Å². The van der Waals surface area contributed by atoms with Gasteiger partial charge < -0.3 is 10.0 Å². The minimum absolute atomic E-state index is 0. The van der Waals surface area contributed by atoms with Crippen LogP contribution in [0, 0.1) is 5.92 Å². The van der Waals surface area contributed by atoms with E-state index >= 15 is 0 Å². The molecule has 4 rings (SSSR count). The minimum Gasteiger partial charge on any atom is -0.475 e. The summed E-state index contributed by atoms with van der Waals surface area (Å²) in [5.74, 6) is -2.05. The van der Waals surface area contributed by atoms with E-state index in [0.717, 1.165) is 41.5 Å². The normalized spacial score (nSPS) is 13.3. The number of aryl methyl sites for hydroxylation is 1. The number of rotatable bonds is 6. The second-order valence-corrected chi connectivity index (χ2v) is 9.14. The van der Waals surface area contributed by atoms with Crippen molar-refractivity contribution in [3.63, 3.8) is 0 Å². The van der Waals surface area contributed by atoms with Gasteiger partial charge in [-0.15, -0.1) is 0 Å². The Bertz CT molecular complexity index is 1250. The number of carbonyl (C=O) groups excluding carboxylic acids is 1.